The summed E-state index contributed by atoms with van der Waals surface area (Å²) >= 11 is 0. The molecule has 0 aromatic carbocycles. The normalized spacial score (nSPS) is 21.0. The molecule has 1 aliphatic carbocycles. The van der Waals surface area contributed by atoms with Crippen LogP contribution in [0, 0.1) is 5.92 Å². The smallest absolute Gasteiger partial charge is 0.191 e. The monoisotopic (exact) mass is 456 g/mol. The van der Waals surface area contributed by atoms with E-state index in [0.717, 1.165) is 42.7 Å². The van der Waals surface area contributed by atoms with Crippen LogP contribution < -0.4 is 10.6 Å². The molecule has 0 amide bonds. The molecule has 25 heavy (non-hydrogen) atoms. The highest BCUT2D eigenvalue weighted by Crippen LogP contribution is 2.23. The Hall–Kier alpha value is -1.38. The Balaban J connectivity index is 0.00000225. The molecule has 3 rings (SSSR count). The van der Waals surface area contributed by atoms with Gasteiger partial charge in [-0.15, -0.1) is 34.2 Å². The third kappa shape index (κ3) is 5.55. The highest BCUT2D eigenvalue weighted by molar-refractivity contribution is 14.0. The summed E-state index contributed by atoms with van der Waals surface area (Å²) in [6.07, 6.45) is 9.07. The van der Waals surface area contributed by atoms with Crippen LogP contribution in [0.1, 0.15) is 44.9 Å². The number of fused-ring (bicyclic) bond motifs is 1. The lowest BCUT2D eigenvalue weighted by Gasteiger charge is -2.28. The minimum atomic E-state index is 0. The fraction of sp³-hybridized carbons (Fsp3) is 0.611. The predicted octanol–water partition coefficient (Wildman–Crippen LogP) is 3.02. The molecule has 1 saturated carbocycles. The van der Waals surface area contributed by atoms with E-state index >= 15 is 0 Å². The largest absolute Gasteiger partial charge is 0.356 e. The standard InChI is InChI=1S/C18H28N6.HI/c1-14-7-5-8-15(13-14)21-18(19-2)20-11-6-10-17-23-22-16-9-3-4-12-24(16)17;/h3-4,9,12,14-15H,5-8,10-11,13H2,1-2H3,(H2,19,20,21);1H. The zero-order valence-electron chi connectivity index (χ0n) is 15.1. The summed E-state index contributed by atoms with van der Waals surface area (Å²) in [7, 11) is 1.84. The molecule has 0 saturated heterocycles. The minimum Gasteiger partial charge on any atom is -0.356 e. The number of rotatable bonds is 5. The molecule has 1 aliphatic rings. The molecule has 0 spiro atoms. The van der Waals surface area contributed by atoms with Crippen LogP contribution in [0.4, 0.5) is 0 Å². The van der Waals surface area contributed by atoms with Crippen molar-refractivity contribution in [2.24, 2.45) is 10.9 Å². The van der Waals surface area contributed by atoms with Crippen LogP contribution >= 0.6 is 24.0 Å². The van der Waals surface area contributed by atoms with E-state index in [1.165, 1.54) is 25.7 Å². The van der Waals surface area contributed by atoms with Gasteiger partial charge in [-0.25, -0.2) is 0 Å². The third-order valence-electron chi connectivity index (χ3n) is 4.75. The molecular formula is C18H29IN6. The molecule has 0 aliphatic heterocycles. The Bertz CT molecular complexity index is 683. The molecule has 2 aromatic rings. The third-order valence-corrected chi connectivity index (χ3v) is 4.75. The Morgan fingerprint density at radius 3 is 3.00 bits per heavy atom. The average molecular weight is 456 g/mol. The van der Waals surface area contributed by atoms with Gasteiger partial charge < -0.3 is 10.6 Å². The van der Waals surface area contributed by atoms with Gasteiger partial charge >= 0.3 is 0 Å². The van der Waals surface area contributed by atoms with Crippen molar-refractivity contribution in [2.75, 3.05) is 13.6 Å². The lowest BCUT2D eigenvalue weighted by Crippen LogP contribution is -2.45. The Kier molecular flexibility index (Phi) is 7.92. The van der Waals surface area contributed by atoms with Crippen LogP contribution in [0.25, 0.3) is 5.65 Å². The Morgan fingerprint density at radius 1 is 1.32 bits per heavy atom. The number of aryl methyl sites for hydroxylation is 1. The number of aromatic nitrogens is 3. The van der Waals surface area contributed by atoms with E-state index in [9.17, 15) is 0 Å². The molecule has 2 aromatic heterocycles. The fourth-order valence-electron chi connectivity index (χ4n) is 3.47. The number of hydrogen-bond acceptors (Lipinski definition) is 3. The first kappa shape index (κ1) is 19.9. The van der Waals surface area contributed by atoms with Crippen molar-refractivity contribution in [1.82, 2.24) is 25.2 Å². The van der Waals surface area contributed by atoms with Crippen LogP contribution in [0.3, 0.4) is 0 Å². The number of pyridine rings is 1. The lowest BCUT2D eigenvalue weighted by molar-refractivity contribution is 0.324. The van der Waals surface area contributed by atoms with Crippen molar-refractivity contribution in [2.45, 2.75) is 51.5 Å². The van der Waals surface area contributed by atoms with Crippen LogP contribution in [0.15, 0.2) is 29.4 Å². The van der Waals surface area contributed by atoms with Gasteiger partial charge in [0.2, 0.25) is 0 Å². The average Bonchev–Trinajstić information content (AvgIpc) is 3.01. The first-order chi connectivity index (χ1) is 11.8. The summed E-state index contributed by atoms with van der Waals surface area (Å²) in [5.41, 5.74) is 0.907. The molecule has 7 heteroatoms. The summed E-state index contributed by atoms with van der Waals surface area (Å²) in [6, 6.07) is 6.53. The summed E-state index contributed by atoms with van der Waals surface area (Å²) in [5, 5.41) is 15.5. The van der Waals surface area contributed by atoms with Gasteiger partial charge in [0.1, 0.15) is 5.82 Å². The number of halogens is 1. The van der Waals surface area contributed by atoms with Crippen LogP contribution in [-0.2, 0) is 6.42 Å². The molecule has 1 fully saturated rings. The minimum absolute atomic E-state index is 0. The quantitative estimate of drug-likeness (QED) is 0.314. The Labute approximate surface area is 166 Å². The summed E-state index contributed by atoms with van der Waals surface area (Å²) in [4.78, 5) is 4.35. The van der Waals surface area contributed by atoms with E-state index in [0.29, 0.717) is 6.04 Å². The second-order valence-corrected chi connectivity index (χ2v) is 6.76. The van der Waals surface area contributed by atoms with Gasteiger partial charge in [-0.3, -0.25) is 9.39 Å². The van der Waals surface area contributed by atoms with Crippen LogP contribution in [-0.4, -0.2) is 40.2 Å². The second-order valence-electron chi connectivity index (χ2n) is 6.76. The van der Waals surface area contributed by atoms with E-state index in [1.54, 1.807) is 0 Å². The first-order valence-corrected chi connectivity index (χ1v) is 9.02. The molecule has 2 unspecified atom stereocenters. The maximum absolute atomic E-state index is 4.35. The van der Waals surface area contributed by atoms with E-state index in [4.69, 9.17) is 0 Å². The van der Waals surface area contributed by atoms with Crippen molar-refractivity contribution in [3.8, 4) is 0 Å². The zero-order valence-corrected chi connectivity index (χ0v) is 17.4. The maximum Gasteiger partial charge on any atom is 0.191 e. The van der Waals surface area contributed by atoms with Gasteiger partial charge in [0.25, 0.3) is 0 Å². The highest BCUT2D eigenvalue weighted by atomic mass is 127. The lowest BCUT2D eigenvalue weighted by atomic mass is 9.87. The van der Waals surface area contributed by atoms with Gasteiger partial charge in [0, 0.05) is 32.3 Å². The van der Waals surface area contributed by atoms with Gasteiger partial charge in [-0.2, -0.15) is 0 Å². The molecule has 2 heterocycles. The summed E-state index contributed by atoms with van der Waals surface area (Å²) in [5.74, 6) is 2.74. The molecule has 0 bridgehead atoms. The maximum atomic E-state index is 4.35. The molecule has 0 radical (unpaired) electrons. The first-order valence-electron chi connectivity index (χ1n) is 9.02. The Morgan fingerprint density at radius 2 is 2.20 bits per heavy atom. The number of nitrogens with zero attached hydrogens (tertiary/aromatic N) is 4. The molecular weight excluding hydrogens is 427 g/mol. The molecule has 2 N–H and O–H groups in total. The van der Waals surface area contributed by atoms with Gasteiger partial charge in [-0.1, -0.05) is 25.8 Å². The number of hydrogen-bond donors (Lipinski definition) is 2. The topological polar surface area (TPSA) is 66.6 Å². The van der Waals surface area contributed by atoms with E-state index in [-0.39, 0.29) is 24.0 Å². The van der Waals surface area contributed by atoms with Crippen molar-refractivity contribution in [3.63, 3.8) is 0 Å². The molecule has 6 nitrogen and oxygen atoms in total. The van der Waals surface area contributed by atoms with Crippen molar-refractivity contribution >= 4 is 35.6 Å². The summed E-state index contributed by atoms with van der Waals surface area (Å²) in [6.45, 7) is 3.22. The van der Waals surface area contributed by atoms with Gasteiger partial charge in [0.15, 0.2) is 11.6 Å². The van der Waals surface area contributed by atoms with Gasteiger partial charge in [-0.05, 0) is 37.3 Å². The highest BCUT2D eigenvalue weighted by Gasteiger charge is 2.19. The van der Waals surface area contributed by atoms with Crippen LogP contribution in [0.5, 0.6) is 0 Å². The van der Waals surface area contributed by atoms with Crippen molar-refractivity contribution < 1.29 is 0 Å². The number of nitrogens with one attached hydrogen (secondary N) is 2. The van der Waals surface area contributed by atoms with E-state index < -0.39 is 0 Å². The van der Waals surface area contributed by atoms with Crippen molar-refractivity contribution in [1.29, 1.82) is 0 Å². The fourth-order valence-corrected chi connectivity index (χ4v) is 3.47. The van der Waals surface area contributed by atoms with E-state index in [2.05, 4.69) is 37.1 Å². The number of guanidine groups is 1. The second kappa shape index (κ2) is 9.94. The van der Waals surface area contributed by atoms with Crippen molar-refractivity contribution in [3.05, 3.63) is 30.2 Å². The molecule has 138 valence electrons. The zero-order chi connectivity index (χ0) is 16.8. The molecule has 2 atom stereocenters. The SMILES string of the molecule is CN=C(NCCCc1nnc2ccccn12)NC1CCCC(C)C1.I. The van der Waals surface area contributed by atoms with Gasteiger partial charge in [0.05, 0.1) is 0 Å². The number of aliphatic imine (C=N–C) groups is 1. The summed E-state index contributed by atoms with van der Waals surface area (Å²) < 4.78 is 2.05. The predicted molar refractivity (Wildman–Crippen MR) is 113 cm³/mol. The van der Waals surface area contributed by atoms with Crippen LogP contribution in [0.2, 0.25) is 0 Å². The van der Waals surface area contributed by atoms with E-state index in [1.807, 2.05) is 31.4 Å².